The highest BCUT2D eigenvalue weighted by molar-refractivity contribution is 5.74. The van der Waals surface area contributed by atoms with Gasteiger partial charge in [0.15, 0.2) is 5.58 Å². The van der Waals surface area contributed by atoms with E-state index in [2.05, 4.69) is 24.0 Å². The number of rotatable bonds is 1. The van der Waals surface area contributed by atoms with Gasteiger partial charge >= 0.3 is 0 Å². The highest BCUT2D eigenvalue weighted by Gasteiger charge is 2.24. The van der Waals surface area contributed by atoms with Crippen molar-refractivity contribution in [1.82, 2.24) is 4.98 Å². The Hall–Kier alpha value is -0.820. The van der Waals surface area contributed by atoms with E-state index in [0.717, 1.165) is 41.2 Å². The van der Waals surface area contributed by atoms with Crippen molar-refractivity contribution in [1.29, 1.82) is 0 Å². The van der Waals surface area contributed by atoms with Gasteiger partial charge in [-0.15, -0.1) is 0 Å². The Labute approximate surface area is 131 Å². The fraction of sp³-hybridized carbons (Fsp3) is 0.500. The third-order valence-corrected chi connectivity index (χ3v) is 3.72. The van der Waals surface area contributed by atoms with E-state index in [1.54, 1.807) is 0 Å². The van der Waals surface area contributed by atoms with Crippen LogP contribution in [-0.4, -0.2) is 49.7 Å². The number of oxazole rings is 1. The minimum Gasteiger partial charge on any atom is -1.00 e. The highest BCUT2D eigenvalue weighted by Crippen LogP contribution is 2.23. The summed E-state index contributed by atoms with van der Waals surface area (Å²) in [4.78, 5) is 6.85. The largest absolute Gasteiger partial charge is 1.00 e. The Bertz CT molecular complexity index is 519. The van der Waals surface area contributed by atoms with Crippen LogP contribution in [0.5, 0.6) is 0 Å². The molecule has 2 heterocycles. The maximum Gasteiger partial charge on any atom is 0.298 e. The molecule has 0 N–H and O–H groups in total. The van der Waals surface area contributed by atoms with E-state index < -0.39 is 0 Å². The zero-order valence-corrected chi connectivity index (χ0v) is 13.6. The lowest BCUT2D eigenvalue weighted by molar-refractivity contribution is -0.887. The number of benzene rings is 1. The molecule has 1 aliphatic rings. The number of para-hydroxylation sites is 2. The van der Waals surface area contributed by atoms with Crippen LogP contribution in [0.3, 0.4) is 0 Å². The van der Waals surface area contributed by atoms with Gasteiger partial charge in [-0.2, -0.15) is 4.98 Å². The van der Waals surface area contributed by atoms with Gasteiger partial charge in [-0.3, -0.25) is 0 Å². The van der Waals surface area contributed by atoms with E-state index in [0.29, 0.717) is 0 Å². The SMILES string of the molecule is C[N+]1(C)CCCN(c2nc3ccccc3o2)CC1.[I-]. The molecule has 3 rings (SSSR count). The van der Waals surface area contributed by atoms with Crippen molar-refractivity contribution in [3.8, 4) is 0 Å². The molecule has 1 aromatic heterocycles. The molecular weight excluding hydrogens is 353 g/mol. The summed E-state index contributed by atoms with van der Waals surface area (Å²) in [5.74, 6) is 0. The van der Waals surface area contributed by atoms with E-state index >= 15 is 0 Å². The first kappa shape index (κ1) is 14.6. The van der Waals surface area contributed by atoms with Crippen LogP contribution < -0.4 is 28.9 Å². The van der Waals surface area contributed by atoms with Gasteiger partial charge in [0.1, 0.15) is 5.52 Å². The van der Waals surface area contributed by atoms with Gasteiger partial charge in [-0.1, -0.05) is 12.1 Å². The number of nitrogens with zero attached hydrogens (tertiary/aromatic N) is 3. The molecule has 1 aliphatic heterocycles. The Morgan fingerprint density at radius 2 is 1.95 bits per heavy atom. The average molecular weight is 373 g/mol. The van der Waals surface area contributed by atoms with E-state index in [1.165, 1.54) is 13.0 Å². The number of halogens is 1. The molecule has 1 fully saturated rings. The number of aromatic nitrogens is 1. The van der Waals surface area contributed by atoms with Crippen LogP contribution in [0.2, 0.25) is 0 Å². The highest BCUT2D eigenvalue weighted by atomic mass is 127. The van der Waals surface area contributed by atoms with Crippen LogP contribution in [0.1, 0.15) is 6.42 Å². The summed E-state index contributed by atoms with van der Waals surface area (Å²) in [5.41, 5.74) is 1.83. The Balaban J connectivity index is 0.00000133. The van der Waals surface area contributed by atoms with Gasteiger partial charge in [0.05, 0.1) is 33.7 Å². The van der Waals surface area contributed by atoms with Crippen molar-refractivity contribution < 1.29 is 32.9 Å². The fourth-order valence-electron chi connectivity index (χ4n) is 2.49. The second-order valence-electron chi connectivity index (χ2n) is 5.69. The topological polar surface area (TPSA) is 29.3 Å². The number of anilines is 1. The second-order valence-corrected chi connectivity index (χ2v) is 5.69. The number of quaternary nitrogens is 1. The minimum atomic E-state index is 0. The fourth-order valence-corrected chi connectivity index (χ4v) is 2.49. The number of fused-ring (bicyclic) bond motifs is 1. The molecule has 0 unspecified atom stereocenters. The first-order valence-electron chi connectivity index (χ1n) is 6.57. The number of hydrogen-bond donors (Lipinski definition) is 0. The molecule has 1 aromatic carbocycles. The van der Waals surface area contributed by atoms with E-state index in [1.807, 2.05) is 24.3 Å². The third kappa shape index (κ3) is 3.20. The van der Waals surface area contributed by atoms with Crippen LogP contribution in [0.15, 0.2) is 28.7 Å². The molecule has 104 valence electrons. The van der Waals surface area contributed by atoms with Gasteiger partial charge in [0.2, 0.25) is 0 Å². The molecule has 2 aromatic rings. The first-order chi connectivity index (χ1) is 8.64. The summed E-state index contributed by atoms with van der Waals surface area (Å²) < 4.78 is 6.92. The van der Waals surface area contributed by atoms with Gasteiger partial charge in [0, 0.05) is 13.0 Å². The molecule has 1 saturated heterocycles. The summed E-state index contributed by atoms with van der Waals surface area (Å²) in [6, 6.07) is 8.73. The summed E-state index contributed by atoms with van der Waals surface area (Å²) >= 11 is 0. The summed E-state index contributed by atoms with van der Waals surface area (Å²) in [6.45, 7) is 4.41. The molecular formula is C14H20IN3O. The normalized spacial score (nSPS) is 18.9. The summed E-state index contributed by atoms with van der Waals surface area (Å²) in [6.07, 6.45) is 1.19. The molecule has 4 nitrogen and oxygen atoms in total. The second kappa shape index (κ2) is 5.66. The molecule has 0 atom stereocenters. The van der Waals surface area contributed by atoms with Crippen molar-refractivity contribution in [2.75, 3.05) is 45.2 Å². The third-order valence-electron chi connectivity index (χ3n) is 3.72. The van der Waals surface area contributed by atoms with Crippen LogP contribution in [0.4, 0.5) is 6.01 Å². The first-order valence-corrected chi connectivity index (χ1v) is 6.57. The lowest BCUT2D eigenvalue weighted by Crippen LogP contribution is -3.00. The van der Waals surface area contributed by atoms with Gasteiger partial charge in [-0.05, 0) is 12.1 Å². The average Bonchev–Trinajstić information content (AvgIpc) is 2.68. The van der Waals surface area contributed by atoms with E-state index in [-0.39, 0.29) is 24.0 Å². The molecule has 0 spiro atoms. The number of likely N-dealkylation sites (N-methyl/N-ethyl adjacent to an activating group) is 1. The Morgan fingerprint density at radius 1 is 1.16 bits per heavy atom. The molecule has 0 radical (unpaired) electrons. The van der Waals surface area contributed by atoms with Gasteiger partial charge in [0.25, 0.3) is 6.01 Å². The summed E-state index contributed by atoms with van der Waals surface area (Å²) in [7, 11) is 4.57. The predicted molar refractivity (Wildman–Crippen MR) is 72.7 cm³/mol. The smallest absolute Gasteiger partial charge is 0.298 e. The van der Waals surface area contributed by atoms with Crippen molar-refractivity contribution >= 4 is 17.1 Å². The lowest BCUT2D eigenvalue weighted by Gasteiger charge is -2.27. The predicted octanol–water partition coefficient (Wildman–Crippen LogP) is -0.882. The molecule has 0 saturated carbocycles. The zero-order chi connectivity index (χ0) is 12.6. The standard InChI is InChI=1S/C14H20N3O.HI/c1-17(2)10-5-8-16(9-11-17)14-15-12-6-3-4-7-13(12)18-14;/h3-4,6-7H,5,8-11H2,1-2H3;1H/q+1;/p-1. The molecule has 5 heteroatoms. The van der Waals surface area contributed by atoms with Crippen molar-refractivity contribution in [3.05, 3.63) is 24.3 Å². The zero-order valence-electron chi connectivity index (χ0n) is 11.5. The lowest BCUT2D eigenvalue weighted by atomic mass is 10.3. The number of hydrogen-bond acceptors (Lipinski definition) is 3. The molecule has 19 heavy (non-hydrogen) atoms. The van der Waals surface area contributed by atoms with Crippen LogP contribution in [0.25, 0.3) is 11.1 Å². The summed E-state index contributed by atoms with van der Waals surface area (Å²) in [5, 5.41) is 0. The van der Waals surface area contributed by atoms with Crippen LogP contribution in [-0.2, 0) is 0 Å². The van der Waals surface area contributed by atoms with E-state index in [4.69, 9.17) is 4.42 Å². The van der Waals surface area contributed by atoms with Crippen LogP contribution in [0, 0.1) is 0 Å². The van der Waals surface area contributed by atoms with Gasteiger partial charge in [-0.25, -0.2) is 0 Å². The Kier molecular flexibility index (Phi) is 4.35. The van der Waals surface area contributed by atoms with Crippen molar-refractivity contribution in [2.24, 2.45) is 0 Å². The molecule has 0 amide bonds. The Morgan fingerprint density at radius 3 is 2.74 bits per heavy atom. The van der Waals surface area contributed by atoms with Crippen LogP contribution >= 0.6 is 0 Å². The monoisotopic (exact) mass is 373 g/mol. The maximum absolute atomic E-state index is 5.84. The molecule has 0 aliphatic carbocycles. The van der Waals surface area contributed by atoms with Crippen molar-refractivity contribution in [3.63, 3.8) is 0 Å². The minimum absolute atomic E-state index is 0. The molecule has 0 bridgehead atoms. The quantitative estimate of drug-likeness (QED) is 0.480. The van der Waals surface area contributed by atoms with E-state index in [9.17, 15) is 0 Å². The van der Waals surface area contributed by atoms with Gasteiger partial charge < -0.3 is 37.8 Å². The maximum atomic E-state index is 5.84. The van der Waals surface area contributed by atoms with Crippen molar-refractivity contribution in [2.45, 2.75) is 6.42 Å².